The summed E-state index contributed by atoms with van der Waals surface area (Å²) in [5.74, 6) is -1.69. The summed E-state index contributed by atoms with van der Waals surface area (Å²) in [4.78, 5) is 53.9. The third-order valence-electron chi connectivity index (χ3n) is 7.72. The molecule has 8 nitrogen and oxygen atoms in total. The molecule has 0 unspecified atom stereocenters. The Labute approximate surface area is 227 Å². The van der Waals surface area contributed by atoms with E-state index in [1.807, 2.05) is 66.7 Å². The van der Waals surface area contributed by atoms with Crippen molar-refractivity contribution < 1.29 is 29.0 Å². The van der Waals surface area contributed by atoms with Crippen LogP contribution < -0.4 is 0 Å². The number of carbonyl (C=O) groups excluding carboxylic acids is 3. The molecule has 0 bridgehead atoms. The lowest BCUT2D eigenvalue weighted by molar-refractivity contribution is -0.154. The predicted octanol–water partition coefficient (Wildman–Crippen LogP) is 3.73. The number of likely N-dealkylation sites (tertiary alicyclic amines) is 2. The minimum absolute atomic E-state index is 0.0972. The van der Waals surface area contributed by atoms with E-state index in [0.717, 1.165) is 33.9 Å². The fourth-order valence-electron chi connectivity index (χ4n) is 5.72. The second-order valence-corrected chi connectivity index (χ2v) is 10.2. The van der Waals surface area contributed by atoms with E-state index in [2.05, 4.69) is 0 Å². The zero-order valence-corrected chi connectivity index (χ0v) is 21.8. The van der Waals surface area contributed by atoms with E-state index >= 15 is 0 Å². The number of esters is 1. The Balaban J connectivity index is 1.29. The lowest BCUT2D eigenvalue weighted by Crippen LogP contribution is -2.42. The van der Waals surface area contributed by atoms with Crippen LogP contribution in [-0.2, 0) is 43.4 Å². The number of benzene rings is 3. The normalized spacial score (nSPS) is 18.9. The Morgan fingerprint density at radius 1 is 0.718 bits per heavy atom. The summed E-state index contributed by atoms with van der Waals surface area (Å²) in [7, 11) is 0. The second kappa shape index (κ2) is 11.7. The maximum absolute atomic E-state index is 13.4. The SMILES string of the molecule is O=C(O)[C@H]1CCCN1C(=O)Cc1ccc(CC(=O)N2CCC[C@@H]2C(=O)OCc2ccccc2)c2ccccc12. The zero-order valence-electron chi connectivity index (χ0n) is 21.8. The van der Waals surface area contributed by atoms with E-state index in [-0.39, 0.29) is 37.2 Å². The number of hydrogen-bond acceptors (Lipinski definition) is 5. The van der Waals surface area contributed by atoms with Gasteiger partial charge >= 0.3 is 11.9 Å². The molecule has 0 aromatic heterocycles. The van der Waals surface area contributed by atoms with Gasteiger partial charge in [0.2, 0.25) is 11.8 Å². The number of nitrogens with zero attached hydrogens (tertiary/aromatic N) is 2. The molecule has 0 aliphatic carbocycles. The number of amides is 2. The van der Waals surface area contributed by atoms with Gasteiger partial charge in [0.1, 0.15) is 18.7 Å². The fourth-order valence-corrected chi connectivity index (χ4v) is 5.72. The van der Waals surface area contributed by atoms with Crippen LogP contribution in [0.1, 0.15) is 42.4 Å². The van der Waals surface area contributed by atoms with Crippen LogP contribution in [0.3, 0.4) is 0 Å². The first-order valence-electron chi connectivity index (χ1n) is 13.4. The van der Waals surface area contributed by atoms with Crippen LogP contribution in [0.25, 0.3) is 10.8 Å². The van der Waals surface area contributed by atoms with Crippen molar-refractivity contribution in [2.24, 2.45) is 0 Å². The van der Waals surface area contributed by atoms with Crippen LogP contribution in [0, 0.1) is 0 Å². The van der Waals surface area contributed by atoms with E-state index in [0.29, 0.717) is 32.4 Å². The van der Waals surface area contributed by atoms with Crippen LogP contribution in [-0.4, -0.2) is 63.8 Å². The van der Waals surface area contributed by atoms with Crippen molar-refractivity contribution in [1.82, 2.24) is 9.80 Å². The van der Waals surface area contributed by atoms with Gasteiger partial charge in [0.15, 0.2) is 0 Å². The smallest absolute Gasteiger partial charge is 0.329 e. The number of hydrogen-bond donors (Lipinski definition) is 1. The van der Waals surface area contributed by atoms with Crippen molar-refractivity contribution in [3.05, 3.63) is 83.4 Å². The summed E-state index contributed by atoms with van der Waals surface area (Å²) in [5, 5.41) is 11.2. The standard InChI is InChI=1S/C31H32N2O6/c34-28(32-16-6-12-26(32)30(36)37)18-22-14-15-23(25-11-5-4-10-24(22)25)19-29(35)33-17-7-13-27(33)31(38)39-20-21-8-2-1-3-9-21/h1-5,8-11,14-15,26-27H,6-7,12-13,16-20H2,(H,36,37)/t26-,27-/m1/s1. The Kier molecular flexibility index (Phi) is 7.91. The minimum Gasteiger partial charge on any atom is -0.480 e. The molecule has 2 aliphatic heterocycles. The molecule has 3 aromatic carbocycles. The predicted molar refractivity (Wildman–Crippen MR) is 145 cm³/mol. The maximum Gasteiger partial charge on any atom is 0.329 e. The number of rotatable bonds is 8. The molecule has 0 radical (unpaired) electrons. The molecule has 0 spiro atoms. The number of carboxylic acids is 1. The molecule has 3 aromatic rings. The third-order valence-corrected chi connectivity index (χ3v) is 7.72. The van der Waals surface area contributed by atoms with E-state index in [1.165, 1.54) is 4.90 Å². The van der Waals surface area contributed by atoms with Crippen molar-refractivity contribution >= 4 is 34.5 Å². The highest BCUT2D eigenvalue weighted by atomic mass is 16.5. The van der Waals surface area contributed by atoms with E-state index in [1.54, 1.807) is 4.90 Å². The van der Waals surface area contributed by atoms with Crippen molar-refractivity contribution in [2.75, 3.05) is 13.1 Å². The van der Waals surface area contributed by atoms with Crippen LogP contribution in [0.5, 0.6) is 0 Å². The minimum atomic E-state index is -0.969. The van der Waals surface area contributed by atoms with Gasteiger partial charge in [0.05, 0.1) is 12.8 Å². The molecule has 202 valence electrons. The number of fused-ring (bicyclic) bond motifs is 1. The summed E-state index contributed by atoms with van der Waals surface area (Å²) in [6.45, 7) is 1.13. The first kappa shape index (κ1) is 26.4. The average molecular weight is 529 g/mol. The fraction of sp³-hybridized carbons (Fsp3) is 0.355. The molecule has 2 fully saturated rings. The molecule has 2 atom stereocenters. The summed E-state index contributed by atoms with van der Waals surface area (Å²) in [6, 6.07) is 19.4. The summed E-state index contributed by atoms with van der Waals surface area (Å²) >= 11 is 0. The highest BCUT2D eigenvalue weighted by molar-refractivity contribution is 5.96. The Hall–Kier alpha value is -4.20. The van der Waals surface area contributed by atoms with Crippen LogP contribution >= 0.6 is 0 Å². The van der Waals surface area contributed by atoms with Gasteiger partial charge < -0.3 is 19.6 Å². The summed E-state index contributed by atoms with van der Waals surface area (Å²) in [5.41, 5.74) is 2.51. The van der Waals surface area contributed by atoms with Gasteiger partial charge in [0, 0.05) is 13.1 Å². The molecule has 8 heteroatoms. The van der Waals surface area contributed by atoms with E-state index in [4.69, 9.17) is 4.74 Å². The molecule has 5 rings (SSSR count). The van der Waals surface area contributed by atoms with Crippen LogP contribution in [0.2, 0.25) is 0 Å². The molecular weight excluding hydrogens is 496 g/mol. The van der Waals surface area contributed by atoms with Crippen molar-refractivity contribution in [1.29, 1.82) is 0 Å². The van der Waals surface area contributed by atoms with Crippen molar-refractivity contribution in [2.45, 2.75) is 57.2 Å². The van der Waals surface area contributed by atoms with Crippen molar-refractivity contribution in [3.8, 4) is 0 Å². The van der Waals surface area contributed by atoms with Crippen LogP contribution in [0.4, 0.5) is 0 Å². The Morgan fingerprint density at radius 2 is 1.23 bits per heavy atom. The average Bonchev–Trinajstić information content (AvgIpc) is 3.64. The van der Waals surface area contributed by atoms with Crippen LogP contribution in [0.15, 0.2) is 66.7 Å². The first-order chi connectivity index (χ1) is 18.9. The van der Waals surface area contributed by atoms with Gasteiger partial charge in [-0.3, -0.25) is 9.59 Å². The topological polar surface area (TPSA) is 104 Å². The van der Waals surface area contributed by atoms with Gasteiger partial charge in [-0.15, -0.1) is 0 Å². The number of aliphatic carboxylic acids is 1. The van der Waals surface area contributed by atoms with E-state index < -0.39 is 18.1 Å². The van der Waals surface area contributed by atoms with Gasteiger partial charge in [-0.25, -0.2) is 9.59 Å². The highest BCUT2D eigenvalue weighted by Gasteiger charge is 2.36. The molecular formula is C31H32N2O6. The van der Waals surface area contributed by atoms with Gasteiger partial charge in [-0.1, -0.05) is 66.7 Å². The van der Waals surface area contributed by atoms with Gasteiger partial charge in [-0.2, -0.15) is 0 Å². The van der Waals surface area contributed by atoms with E-state index in [9.17, 15) is 24.3 Å². The lowest BCUT2D eigenvalue weighted by atomic mass is 9.95. The lowest BCUT2D eigenvalue weighted by Gasteiger charge is -2.24. The molecule has 2 heterocycles. The largest absolute Gasteiger partial charge is 0.480 e. The quantitative estimate of drug-likeness (QED) is 0.447. The number of carboxylic acid groups (broad SMARTS) is 1. The third kappa shape index (κ3) is 5.79. The molecule has 39 heavy (non-hydrogen) atoms. The van der Waals surface area contributed by atoms with Crippen molar-refractivity contribution in [3.63, 3.8) is 0 Å². The Bertz CT molecular complexity index is 1390. The van der Waals surface area contributed by atoms with Gasteiger partial charge in [0.25, 0.3) is 0 Å². The second-order valence-electron chi connectivity index (χ2n) is 10.2. The number of carbonyl (C=O) groups is 4. The molecule has 2 amide bonds. The molecule has 2 aliphatic rings. The maximum atomic E-state index is 13.4. The summed E-state index contributed by atoms with van der Waals surface area (Å²) < 4.78 is 5.52. The van der Waals surface area contributed by atoms with Gasteiger partial charge in [-0.05, 0) is 53.1 Å². The first-order valence-corrected chi connectivity index (χ1v) is 13.4. The molecule has 2 saturated heterocycles. The monoisotopic (exact) mass is 528 g/mol. The molecule has 0 saturated carbocycles. The Morgan fingerprint density at radius 3 is 1.79 bits per heavy atom. The molecule has 1 N–H and O–H groups in total. The number of ether oxygens (including phenoxy) is 1. The summed E-state index contributed by atoms with van der Waals surface area (Å²) in [6.07, 6.45) is 2.70. The highest BCUT2D eigenvalue weighted by Crippen LogP contribution is 2.27. The zero-order chi connectivity index (χ0) is 27.4.